The molecule has 0 saturated carbocycles. The fourth-order valence-electron chi connectivity index (χ4n) is 5.03. The SMILES string of the molecule is CN1CCC(C2CCN(c3cc4c(Nc5ccc(F)c(Cl)c5)ncnc4cn3)CC2)CC1. The molecule has 0 radical (unpaired) electrons. The molecule has 0 spiro atoms. The van der Waals surface area contributed by atoms with Gasteiger partial charge < -0.3 is 15.1 Å². The highest BCUT2D eigenvalue weighted by Gasteiger charge is 2.29. The summed E-state index contributed by atoms with van der Waals surface area (Å²) < 4.78 is 13.5. The van der Waals surface area contributed by atoms with E-state index >= 15 is 0 Å². The average Bonchev–Trinajstić information content (AvgIpc) is 2.82. The molecule has 3 aromatic rings. The molecule has 0 amide bonds. The van der Waals surface area contributed by atoms with Crippen LogP contribution in [0.5, 0.6) is 0 Å². The molecule has 5 rings (SSSR count). The molecule has 168 valence electrons. The monoisotopic (exact) mass is 454 g/mol. The van der Waals surface area contributed by atoms with E-state index in [2.05, 4.69) is 43.2 Å². The molecule has 1 aromatic carbocycles. The van der Waals surface area contributed by atoms with E-state index in [1.54, 1.807) is 18.3 Å². The highest BCUT2D eigenvalue weighted by atomic mass is 35.5. The lowest BCUT2D eigenvalue weighted by molar-refractivity contribution is 0.154. The largest absolute Gasteiger partial charge is 0.357 e. The van der Waals surface area contributed by atoms with E-state index < -0.39 is 5.82 Å². The fraction of sp³-hybridized carbons (Fsp3) is 0.458. The molecular weight excluding hydrogens is 427 g/mol. The maximum Gasteiger partial charge on any atom is 0.141 e. The summed E-state index contributed by atoms with van der Waals surface area (Å²) in [5.41, 5.74) is 1.44. The van der Waals surface area contributed by atoms with Gasteiger partial charge in [0.15, 0.2) is 0 Å². The Labute approximate surface area is 192 Å². The average molecular weight is 455 g/mol. The van der Waals surface area contributed by atoms with Crippen molar-refractivity contribution in [2.24, 2.45) is 11.8 Å². The Bertz CT molecular complexity index is 1090. The van der Waals surface area contributed by atoms with E-state index in [-0.39, 0.29) is 5.02 Å². The first kappa shape index (κ1) is 21.3. The molecule has 0 aliphatic carbocycles. The lowest BCUT2D eigenvalue weighted by Gasteiger charge is -2.39. The predicted molar refractivity (Wildman–Crippen MR) is 127 cm³/mol. The van der Waals surface area contributed by atoms with Gasteiger partial charge in [-0.3, -0.25) is 0 Å². The van der Waals surface area contributed by atoms with Gasteiger partial charge in [-0.05, 0) is 81.9 Å². The summed E-state index contributed by atoms with van der Waals surface area (Å²) >= 11 is 5.93. The Morgan fingerprint density at radius 1 is 0.969 bits per heavy atom. The van der Waals surface area contributed by atoms with Crippen molar-refractivity contribution >= 4 is 39.8 Å². The van der Waals surface area contributed by atoms with Gasteiger partial charge in [-0.2, -0.15) is 0 Å². The quantitative estimate of drug-likeness (QED) is 0.590. The molecule has 0 atom stereocenters. The third kappa shape index (κ3) is 4.50. The predicted octanol–water partition coefficient (Wildman–Crippen LogP) is 5.12. The lowest BCUT2D eigenvalue weighted by atomic mass is 9.79. The Hall–Kier alpha value is -2.51. The number of rotatable bonds is 4. The summed E-state index contributed by atoms with van der Waals surface area (Å²) in [6.45, 7) is 4.51. The second-order valence-electron chi connectivity index (χ2n) is 9.00. The van der Waals surface area contributed by atoms with Gasteiger partial charge in [0.1, 0.15) is 23.8 Å². The van der Waals surface area contributed by atoms with Crippen LogP contribution < -0.4 is 10.2 Å². The normalized spacial score (nSPS) is 18.9. The number of fused-ring (bicyclic) bond motifs is 1. The molecule has 2 saturated heterocycles. The zero-order valence-electron chi connectivity index (χ0n) is 18.3. The minimum absolute atomic E-state index is 0.0724. The number of likely N-dealkylation sites (tertiary alicyclic amines) is 1. The van der Waals surface area contributed by atoms with E-state index in [0.717, 1.165) is 41.6 Å². The van der Waals surface area contributed by atoms with Crippen LogP contribution in [-0.2, 0) is 0 Å². The summed E-state index contributed by atoms with van der Waals surface area (Å²) in [5, 5.41) is 4.20. The minimum atomic E-state index is -0.445. The third-order valence-corrected chi connectivity index (χ3v) is 7.27. The summed E-state index contributed by atoms with van der Waals surface area (Å²) in [6.07, 6.45) is 8.41. The fourth-order valence-corrected chi connectivity index (χ4v) is 5.21. The number of nitrogens with one attached hydrogen (secondary N) is 1. The third-order valence-electron chi connectivity index (χ3n) is 6.98. The maximum atomic E-state index is 13.5. The Morgan fingerprint density at radius 2 is 1.69 bits per heavy atom. The van der Waals surface area contributed by atoms with Crippen molar-refractivity contribution in [2.45, 2.75) is 25.7 Å². The second kappa shape index (κ2) is 9.16. The van der Waals surface area contributed by atoms with Gasteiger partial charge in [0.2, 0.25) is 0 Å². The van der Waals surface area contributed by atoms with Gasteiger partial charge in [-0.1, -0.05) is 11.6 Å². The van der Waals surface area contributed by atoms with E-state index in [1.807, 2.05) is 0 Å². The van der Waals surface area contributed by atoms with Crippen molar-refractivity contribution in [3.63, 3.8) is 0 Å². The first-order valence-electron chi connectivity index (χ1n) is 11.3. The summed E-state index contributed by atoms with van der Waals surface area (Å²) in [4.78, 5) is 18.3. The van der Waals surface area contributed by atoms with Gasteiger partial charge in [0.05, 0.1) is 16.7 Å². The molecular formula is C24H28ClFN6. The first-order valence-corrected chi connectivity index (χ1v) is 11.7. The van der Waals surface area contributed by atoms with Gasteiger partial charge >= 0.3 is 0 Å². The van der Waals surface area contributed by atoms with Gasteiger partial charge in [0, 0.05) is 24.2 Å². The molecule has 8 heteroatoms. The molecule has 4 heterocycles. The topological polar surface area (TPSA) is 57.2 Å². The van der Waals surface area contributed by atoms with E-state index in [0.29, 0.717) is 11.5 Å². The Balaban J connectivity index is 1.32. The van der Waals surface area contributed by atoms with Crippen molar-refractivity contribution in [1.29, 1.82) is 0 Å². The molecule has 2 aliphatic heterocycles. The Kier molecular flexibility index (Phi) is 6.11. The number of nitrogens with zero attached hydrogens (tertiary/aromatic N) is 5. The number of halogens is 2. The minimum Gasteiger partial charge on any atom is -0.357 e. The van der Waals surface area contributed by atoms with Crippen molar-refractivity contribution < 1.29 is 4.39 Å². The molecule has 0 unspecified atom stereocenters. The smallest absolute Gasteiger partial charge is 0.141 e. The van der Waals surface area contributed by atoms with Crippen LogP contribution in [-0.4, -0.2) is 53.1 Å². The number of hydrogen-bond acceptors (Lipinski definition) is 6. The lowest BCUT2D eigenvalue weighted by Crippen LogP contribution is -2.40. The number of aromatic nitrogens is 3. The van der Waals surface area contributed by atoms with Crippen LogP contribution in [0.1, 0.15) is 25.7 Å². The van der Waals surface area contributed by atoms with Crippen LogP contribution in [0.4, 0.5) is 21.7 Å². The number of anilines is 3. The van der Waals surface area contributed by atoms with Crippen LogP contribution in [0.2, 0.25) is 5.02 Å². The molecule has 6 nitrogen and oxygen atoms in total. The number of piperidine rings is 2. The summed E-state index contributed by atoms with van der Waals surface area (Å²) in [5.74, 6) is 2.85. The van der Waals surface area contributed by atoms with Gasteiger partial charge in [0.25, 0.3) is 0 Å². The van der Waals surface area contributed by atoms with E-state index in [4.69, 9.17) is 11.6 Å². The second-order valence-corrected chi connectivity index (χ2v) is 9.41. The van der Waals surface area contributed by atoms with Gasteiger partial charge in [-0.25, -0.2) is 19.3 Å². The Morgan fingerprint density at radius 3 is 2.41 bits per heavy atom. The standard InChI is InChI=1S/C24H28ClFN6/c1-31-8-4-16(5-9-31)17-6-10-32(11-7-17)23-13-19-22(14-27-23)28-15-29-24(19)30-18-2-3-21(26)20(25)12-18/h2-3,12-17H,4-11H2,1H3,(H,28,29,30). The molecule has 0 bridgehead atoms. The van der Waals surface area contributed by atoms with Crippen LogP contribution >= 0.6 is 11.6 Å². The highest BCUT2D eigenvalue weighted by molar-refractivity contribution is 6.31. The van der Waals surface area contributed by atoms with Crippen molar-refractivity contribution in [3.05, 3.63) is 47.6 Å². The number of benzene rings is 1. The molecule has 2 aliphatic rings. The number of hydrogen-bond donors (Lipinski definition) is 1. The van der Waals surface area contributed by atoms with Crippen molar-refractivity contribution in [1.82, 2.24) is 19.9 Å². The van der Waals surface area contributed by atoms with E-state index in [1.165, 1.54) is 51.2 Å². The van der Waals surface area contributed by atoms with Crippen LogP contribution in [0.3, 0.4) is 0 Å². The van der Waals surface area contributed by atoms with Crippen LogP contribution in [0.25, 0.3) is 10.9 Å². The molecule has 2 fully saturated rings. The highest BCUT2D eigenvalue weighted by Crippen LogP contribution is 2.34. The zero-order chi connectivity index (χ0) is 22.1. The molecule has 32 heavy (non-hydrogen) atoms. The maximum absolute atomic E-state index is 13.5. The summed E-state index contributed by atoms with van der Waals surface area (Å²) in [7, 11) is 2.22. The van der Waals surface area contributed by atoms with Crippen molar-refractivity contribution in [3.8, 4) is 0 Å². The van der Waals surface area contributed by atoms with Crippen LogP contribution in [0.15, 0.2) is 36.8 Å². The zero-order valence-corrected chi connectivity index (χ0v) is 19.0. The van der Waals surface area contributed by atoms with E-state index in [9.17, 15) is 4.39 Å². The van der Waals surface area contributed by atoms with Gasteiger partial charge in [-0.15, -0.1) is 0 Å². The molecule has 2 aromatic heterocycles. The molecule has 1 N–H and O–H groups in total. The van der Waals surface area contributed by atoms with Crippen molar-refractivity contribution in [2.75, 3.05) is 43.4 Å². The summed E-state index contributed by atoms with van der Waals surface area (Å²) in [6, 6.07) is 6.60. The van der Waals surface area contributed by atoms with Crippen LogP contribution in [0, 0.1) is 17.7 Å². The number of pyridine rings is 1. The first-order chi connectivity index (χ1) is 15.6.